The lowest BCUT2D eigenvalue weighted by Crippen LogP contribution is -2.18. The molecule has 1 fully saturated rings. The Labute approximate surface area is 118 Å². The van der Waals surface area contributed by atoms with Gasteiger partial charge < -0.3 is 0 Å². The standard InChI is InChI=1S/C15H18ClN3/c1-11(12-2-3-12)15(8-19-10-17-9-18-19)13-4-6-14(16)7-5-13/h4-7,9-12,15H,2-3,8H2,1H3. The van der Waals surface area contributed by atoms with Gasteiger partial charge in [0.05, 0.1) is 0 Å². The first kappa shape index (κ1) is 12.7. The molecule has 3 nitrogen and oxygen atoms in total. The first-order valence-electron chi connectivity index (χ1n) is 6.82. The molecule has 0 radical (unpaired) electrons. The smallest absolute Gasteiger partial charge is 0.137 e. The van der Waals surface area contributed by atoms with Crippen molar-refractivity contribution in [2.24, 2.45) is 11.8 Å². The Hall–Kier alpha value is -1.35. The summed E-state index contributed by atoms with van der Waals surface area (Å²) in [6.07, 6.45) is 6.12. The molecule has 2 unspecified atom stereocenters. The van der Waals surface area contributed by atoms with Crippen LogP contribution < -0.4 is 0 Å². The molecule has 100 valence electrons. The first-order chi connectivity index (χ1) is 9.24. The normalized spacial score (nSPS) is 18.2. The predicted octanol–water partition coefficient (Wildman–Crippen LogP) is 3.76. The highest BCUT2D eigenvalue weighted by molar-refractivity contribution is 6.30. The van der Waals surface area contributed by atoms with E-state index in [-0.39, 0.29) is 0 Å². The van der Waals surface area contributed by atoms with Crippen molar-refractivity contribution in [2.75, 3.05) is 0 Å². The maximum Gasteiger partial charge on any atom is 0.137 e. The minimum absolute atomic E-state index is 0.478. The van der Waals surface area contributed by atoms with Gasteiger partial charge >= 0.3 is 0 Å². The summed E-state index contributed by atoms with van der Waals surface area (Å²) in [5.74, 6) is 2.01. The van der Waals surface area contributed by atoms with Gasteiger partial charge in [0.25, 0.3) is 0 Å². The van der Waals surface area contributed by atoms with Gasteiger partial charge in [-0.2, -0.15) is 5.10 Å². The second-order valence-corrected chi connectivity index (χ2v) is 5.91. The Bertz CT molecular complexity index is 517. The van der Waals surface area contributed by atoms with Crippen LogP contribution in [0.4, 0.5) is 0 Å². The molecular formula is C15H18ClN3. The number of rotatable bonds is 5. The highest BCUT2D eigenvalue weighted by Gasteiger charge is 2.34. The quantitative estimate of drug-likeness (QED) is 0.832. The van der Waals surface area contributed by atoms with E-state index < -0.39 is 0 Å². The Kier molecular flexibility index (Phi) is 3.56. The van der Waals surface area contributed by atoms with E-state index in [1.807, 2.05) is 16.8 Å². The zero-order valence-electron chi connectivity index (χ0n) is 11.0. The highest BCUT2D eigenvalue weighted by atomic mass is 35.5. The number of benzene rings is 1. The zero-order chi connectivity index (χ0) is 13.2. The van der Waals surface area contributed by atoms with Crippen LogP contribution in [0.1, 0.15) is 31.2 Å². The fourth-order valence-corrected chi connectivity index (χ4v) is 2.89. The van der Waals surface area contributed by atoms with E-state index in [0.717, 1.165) is 17.5 Å². The van der Waals surface area contributed by atoms with Crippen molar-refractivity contribution >= 4 is 11.6 Å². The molecule has 1 aliphatic carbocycles. The lowest BCUT2D eigenvalue weighted by molar-refractivity contribution is 0.355. The molecule has 0 amide bonds. The summed E-state index contributed by atoms with van der Waals surface area (Å²) in [4.78, 5) is 4.03. The lowest BCUT2D eigenvalue weighted by Gasteiger charge is -2.24. The highest BCUT2D eigenvalue weighted by Crippen LogP contribution is 2.44. The molecule has 1 heterocycles. The van der Waals surface area contributed by atoms with Crippen molar-refractivity contribution in [1.29, 1.82) is 0 Å². The van der Waals surface area contributed by atoms with Crippen LogP contribution in [-0.2, 0) is 6.54 Å². The van der Waals surface area contributed by atoms with Crippen LogP contribution >= 0.6 is 11.6 Å². The van der Waals surface area contributed by atoms with Crippen LogP contribution in [-0.4, -0.2) is 14.8 Å². The molecule has 0 spiro atoms. The van der Waals surface area contributed by atoms with Gasteiger partial charge in [-0.05, 0) is 42.4 Å². The van der Waals surface area contributed by atoms with Crippen molar-refractivity contribution in [3.8, 4) is 0 Å². The summed E-state index contributed by atoms with van der Waals surface area (Å²) >= 11 is 5.99. The van der Waals surface area contributed by atoms with E-state index in [9.17, 15) is 0 Å². The number of nitrogens with zero attached hydrogens (tertiary/aromatic N) is 3. The molecule has 2 aromatic rings. The molecule has 4 heteroatoms. The van der Waals surface area contributed by atoms with Crippen LogP contribution in [0.25, 0.3) is 0 Å². The van der Waals surface area contributed by atoms with Crippen molar-refractivity contribution in [3.63, 3.8) is 0 Å². The Morgan fingerprint density at radius 1 is 1.32 bits per heavy atom. The van der Waals surface area contributed by atoms with E-state index in [0.29, 0.717) is 11.8 Å². The van der Waals surface area contributed by atoms with Gasteiger partial charge in [0.2, 0.25) is 0 Å². The second kappa shape index (κ2) is 5.33. The molecule has 0 N–H and O–H groups in total. The third-order valence-electron chi connectivity index (χ3n) is 4.15. The van der Waals surface area contributed by atoms with E-state index in [4.69, 9.17) is 11.6 Å². The predicted molar refractivity (Wildman–Crippen MR) is 76.1 cm³/mol. The zero-order valence-corrected chi connectivity index (χ0v) is 11.8. The van der Waals surface area contributed by atoms with E-state index in [1.54, 1.807) is 12.7 Å². The van der Waals surface area contributed by atoms with Gasteiger partial charge in [-0.1, -0.05) is 30.7 Å². The molecule has 0 saturated heterocycles. The molecule has 0 aliphatic heterocycles. The largest absolute Gasteiger partial charge is 0.252 e. The SMILES string of the molecule is CC(C1CC1)C(Cn1cncn1)c1ccc(Cl)cc1. The number of halogens is 1. The number of hydrogen-bond acceptors (Lipinski definition) is 2. The number of hydrogen-bond donors (Lipinski definition) is 0. The van der Waals surface area contributed by atoms with Crippen molar-refractivity contribution in [2.45, 2.75) is 32.2 Å². The van der Waals surface area contributed by atoms with Crippen molar-refractivity contribution in [1.82, 2.24) is 14.8 Å². The summed E-state index contributed by atoms with van der Waals surface area (Å²) in [5, 5.41) is 5.03. The van der Waals surface area contributed by atoms with Crippen LogP contribution in [0, 0.1) is 11.8 Å². The van der Waals surface area contributed by atoms with Crippen LogP contribution in [0.3, 0.4) is 0 Å². The summed E-state index contributed by atoms with van der Waals surface area (Å²) in [6, 6.07) is 8.24. The third-order valence-corrected chi connectivity index (χ3v) is 4.40. The van der Waals surface area contributed by atoms with Gasteiger partial charge in [-0.25, -0.2) is 4.98 Å². The maximum absolute atomic E-state index is 5.99. The molecule has 2 atom stereocenters. The lowest BCUT2D eigenvalue weighted by atomic mass is 9.84. The van der Waals surface area contributed by atoms with E-state index in [1.165, 1.54) is 18.4 Å². The van der Waals surface area contributed by atoms with Crippen LogP contribution in [0.5, 0.6) is 0 Å². The second-order valence-electron chi connectivity index (χ2n) is 5.47. The fraction of sp³-hybridized carbons (Fsp3) is 0.467. The molecule has 0 bridgehead atoms. The van der Waals surface area contributed by atoms with Gasteiger partial charge in [0.15, 0.2) is 0 Å². The minimum atomic E-state index is 0.478. The summed E-state index contributed by atoms with van der Waals surface area (Å²) in [6.45, 7) is 3.24. The molecule has 1 saturated carbocycles. The first-order valence-corrected chi connectivity index (χ1v) is 7.19. The average Bonchev–Trinajstić information content (AvgIpc) is 3.14. The summed E-state index contributed by atoms with van der Waals surface area (Å²) < 4.78 is 1.93. The topological polar surface area (TPSA) is 30.7 Å². The molecule has 1 aliphatic rings. The van der Waals surface area contributed by atoms with Gasteiger partial charge in [-0.3, -0.25) is 4.68 Å². The summed E-state index contributed by atoms with van der Waals surface area (Å²) in [5.41, 5.74) is 1.35. The average molecular weight is 276 g/mol. The van der Waals surface area contributed by atoms with Gasteiger partial charge in [-0.15, -0.1) is 0 Å². The third kappa shape index (κ3) is 2.98. The Morgan fingerprint density at radius 2 is 2.05 bits per heavy atom. The molecule has 19 heavy (non-hydrogen) atoms. The summed E-state index contributed by atoms with van der Waals surface area (Å²) in [7, 11) is 0. The molecular weight excluding hydrogens is 258 g/mol. The maximum atomic E-state index is 5.99. The number of aromatic nitrogens is 3. The fourth-order valence-electron chi connectivity index (χ4n) is 2.76. The monoisotopic (exact) mass is 275 g/mol. The van der Waals surface area contributed by atoms with Crippen LogP contribution in [0.15, 0.2) is 36.9 Å². The van der Waals surface area contributed by atoms with Crippen molar-refractivity contribution < 1.29 is 0 Å². The van der Waals surface area contributed by atoms with Crippen molar-refractivity contribution in [3.05, 3.63) is 47.5 Å². The Balaban J connectivity index is 1.84. The minimum Gasteiger partial charge on any atom is -0.252 e. The molecule has 3 rings (SSSR count). The van der Waals surface area contributed by atoms with E-state index >= 15 is 0 Å². The van der Waals surface area contributed by atoms with Gasteiger partial charge in [0.1, 0.15) is 12.7 Å². The van der Waals surface area contributed by atoms with Gasteiger partial charge in [0, 0.05) is 17.5 Å². The van der Waals surface area contributed by atoms with Crippen LogP contribution in [0.2, 0.25) is 5.02 Å². The molecule has 1 aromatic heterocycles. The van der Waals surface area contributed by atoms with E-state index in [2.05, 4.69) is 29.1 Å². The Morgan fingerprint density at radius 3 is 2.63 bits per heavy atom. The molecule has 1 aromatic carbocycles.